The van der Waals surface area contributed by atoms with E-state index < -0.39 is 0 Å². The third-order valence-corrected chi connectivity index (χ3v) is 5.28. The van der Waals surface area contributed by atoms with Gasteiger partial charge in [-0.3, -0.25) is 0 Å². The summed E-state index contributed by atoms with van der Waals surface area (Å²) in [5.74, 6) is 2.16. The maximum Gasteiger partial charge on any atom is 0.234 e. The molecule has 2 aromatic heterocycles. The van der Waals surface area contributed by atoms with Crippen LogP contribution in [0.25, 0.3) is 4.96 Å². The Bertz CT molecular complexity index is 1040. The summed E-state index contributed by atoms with van der Waals surface area (Å²) in [7, 11) is 0. The molecule has 2 aromatic carbocycles. The largest absolute Gasteiger partial charge is 0.485 e. The lowest BCUT2D eigenvalue weighted by atomic mass is 10.1. The van der Waals surface area contributed by atoms with Gasteiger partial charge in [-0.05, 0) is 24.1 Å². The maximum absolute atomic E-state index is 6.04. The predicted octanol–water partition coefficient (Wildman–Crippen LogP) is 3.48. The van der Waals surface area contributed by atoms with Crippen LogP contribution in [0.5, 0.6) is 11.5 Å². The fourth-order valence-electron chi connectivity index (χ4n) is 3.02. The molecule has 130 valence electrons. The maximum atomic E-state index is 6.04. The van der Waals surface area contributed by atoms with Gasteiger partial charge < -0.3 is 9.47 Å². The topological polar surface area (TPSA) is 61.5 Å². The fourth-order valence-corrected chi connectivity index (χ4v) is 3.86. The molecule has 3 heterocycles. The molecule has 0 fully saturated rings. The molecule has 0 unspecified atom stereocenters. The van der Waals surface area contributed by atoms with E-state index in [-0.39, 0.29) is 6.10 Å². The molecule has 5 rings (SSSR count). The first-order valence-corrected chi connectivity index (χ1v) is 9.32. The highest BCUT2D eigenvalue weighted by atomic mass is 32.1. The van der Waals surface area contributed by atoms with Crippen LogP contribution in [0.4, 0.5) is 0 Å². The summed E-state index contributed by atoms with van der Waals surface area (Å²) in [5.41, 5.74) is 1.30. The van der Waals surface area contributed by atoms with Gasteiger partial charge >= 0.3 is 0 Å². The van der Waals surface area contributed by atoms with Gasteiger partial charge in [0.1, 0.15) is 11.6 Å². The molecule has 6 nitrogen and oxygen atoms in total. The van der Waals surface area contributed by atoms with Gasteiger partial charge in [0.05, 0.1) is 0 Å². The number of fused-ring (bicyclic) bond motifs is 2. The summed E-state index contributed by atoms with van der Waals surface area (Å²) >= 11 is 1.57. The smallest absolute Gasteiger partial charge is 0.234 e. The Kier molecular flexibility index (Phi) is 3.79. The SMILES string of the molecule is c1ccc(CCc2nn3c([C@H]4COc5ccccc5O4)nnc3s2)cc1. The molecular weight excluding hydrogens is 348 g/mol. The molecule has 1 aliphatic heterocycles. The number of aromatic nitrogens is 4. The summed E-state index contributed by atoms with van der Waals surface area (Å²) in [4.78, 5) is 0.783. The van der Waals surface area contributed by atoms with Gasteiger partial charge in [0.2, 0.25) is 4.96 Å². The lowest BCUT2D eigenvalue weighted by Gasteiger charge is -2.24. The Morgan fingerprint density at radius 1 is 0.962 bits per heavy atom. The number of ether oxygens (including phenoxy) is 2. The highest BCUT2D eigenvalue weighted by Gasteiger charge is 2.28. The zero-order valence-corrected chi connectivity index (χ0v) is 14.7. The van der Waals surface area contributed by atoms with Crippen molar-refractivity contribution in [3.05, 3.63) is 71.0 Å². The molecule has 0 saturated heterocycles. The van der Waals surface area contributed by atoms with E-state index in [0.717, 1.165) is 34.3 Å². The average molecular weight is 364 g/mol. The summed E-state index contributed by atoms with van der Waals surface area (Å²) in [6.07, 6.45) is 1.52. The van der Waals surface area contributed by atoms with Crippen LogP contribution in [0.1, 0.15) is 22.5 Å². The Balaban J connectivity index is 1.37. The number of hydrogen-bond acceptors (Lipinski definition) is 6. The monoisotopic (exact) mass is 364 g/mol. The molecule has 0 radical (unpaired) electrons. The zero-order valence-electron chi connectivity index (χ0n) is 13.9. The van der Waals surface area contributed by atoms with Crippen molar-refractivity contribution in [2.45, 2.75) is 18.9 Å². The van der Waals surface area contributed by atoms with Crippen LogP contribution in [0.2, 0.25) is 0 Å². The lowest BCUT2D eigenvalue weighted by Crippen LogP contribution is -2.23. The minimum atomic E-state index is -0.316. The first-order valence-electron chi connectivity index (χ1n) is 8.50. The molecule has 0 spiro atoms. The molecule has 0 amide bonds. The third kappa shape index (κ3) is 2.80. The molecule has 0 saturated carbocycles. The second kappa shape index (κ2) is 6.42. The van der Waals surface area contributed by atoms with Gasteiger partial charge in [-0.25, -0.2) is 0 Å². The van der Waals surface area contributed by atoms with Gasteiger partial charge in [0.15, 0.2) is 23.4 Å². The van der Waals surface area contributed by atoms with Crippen molar-refractivity contribution in [1.82, 2.24) is 19.8 Å². The van der Waals surface area contributed by atoms with Gasteiger partial charge in [-0.2, -0.15) is 9.61 Å². The van der Waals surface area contributed by atoms with E-state index in [1.54, 1.807) is 15.9 Å². The van der Waals surface area contributed by atoms with Crippen molar-refractivity contribution < 1.29 is 9.47 Å². The number of aryl methyl sites for hydroxylation is 2. The number of benzene rings is 2. The molecule has 4 aromatic rings. The standard InChI is InChI=1S/C19H16N4O2S/c1-2-6-13(7-3-1)10-11-17-22-23-18(20-21-19(23)26-17)16-12-24-14-8-4-5-9-15(14)25-16/h1-9,16H,10-12H2/t16-/m1/s1. The minimum Gasteiger partial charge on any atom is -0.485 e. The van der Waals surface area contributed by atoms with Crippen molar-refractivity contribution in [3.8, 4) is 11.5 Å². The molecule has 7 heteroatoms. The molecule has 0 aliphatic carbocycles. The number of nitrogens with zero attached hydrogens (tertiary/aromatic N) is 4. The molecule has 1 atom stereocenters. The normalized spacial score (nSPS) is 16.1. The van der Waals surface area contributed by atoms with Crippen molar-refractivity contribution in [2.24, 2.45) is 0 Å². The molecule has 0 N–H and O–H groups in total. The van der Waals surface area contributed by atoms with Crippen LogP contribution < -0.4 is 9.47 Å². The number of rotatable bonds is 4. The van der Waals surface area contributed by atoms with Crippen molar-refractivity contribution >= 4 is 16.3 Å². The van der Waals surface area contributed by atoms with Crippen LogP contribution in [0.3, 0.4) is 0 Å². The van der Waals surface area contributed by atoms with E-state index in [4.69, 9.17) is 14.6 Å². The van der Waals surface area contributed by atoms with Gasteiger partial charge in [0, 0.05) is 6.42 Å². The Hall–Kier alpha value is -2.93. The van der Waals surface area contributed by atoms with E-state index in [2.05, 4.69) is 34.5 Å². The summed E-state index contributed by atoms with van der Waals surface area (Å²) in [6.45, 7) is 0.398. The molecule has 26 heavy (non-hydrogen) atoms. The summed E-state index contributed by atoms with van der Waals surface area (Å²) < 4.78 is 13.6. The van der Waals surface area contributed by atoms with Gasteiger partial charge in [-0.15, -0.1) is 10.2 Å². The Labute approximate surface area is 154 Å². The van der Waals surface area contributed by atoms with Crippen LogP contribution in [0.15, 0.2) is 54.6 Å². The van der Waals surface area contributed by atoms with Crippen molar-refractivity contribution in [1.29, 1.82) is 0 Å². The third-order valence-electron chi connectivity index (χ3n) is 4.32. The van der Waals surface area contributed by atoms with Crippen molar-refractivity contribution in [3.63, 3.8) is 0 Å². The van der Waals surface area contributed by atoms with E-state index >= 15 is 0 Å². The Morgan fingerprint density at radius 3 is 2.65 bits per heavy atom. The number of hydrogen-bond donors (Lipinski definition) is 0. The Morgan fingerprint density at radius 2 is 1.77 bits per heavy atom. The van der Waals surface area contributed by atoms with Crippen LogP contribution in [-0.4, -0.2) is 26.4 Å². The van der Waals surface area contributed by atoms with Crippen LogP contribution in [-0.2, 0) is 12.8 Å². The quantitative estimate of drug-likeness (QED) is 0.555. The highest BCUT2D eigenvalue weighted by Crippen LogP contribution is 2.35. The second-order valence-corrected chi connectivity index (χ2v) is 7.14. The zero-order chi connectivity index (χ0) is 17.3. The second-order valence-electron chi connectivity index (χ2n) is 6.10. The molecule has 1 aliphatic rings. The van der Waals surface area contributed by atoms with E-state index in [1.165, 1.54) is 5.56 Å². The lowest BCUT2D eigenvalue weighted by molar-refractivity contribution is 0.0836. The predicted molar refractivity (Wildman–Crippen MR) is 97.8 cm³/mol. The minimum absolute atomic E-state index is 0.316. The molecule has 0 bridgehead atoms. The van der Waals surface area contributed by atoms with Crippen LogP contribution in [0, 0.1) is 0 Å². The first kappa shape index (κ1) is 15.3. The van der Waals surface area contributed by atoms with E-state index in [9.17, 15) is 0 Å². The fraction of sp³-hybridized carbons (Fsp3) is 0.211. The van der Waals surface area contributed by atoms with Crippen molar-refractivity contribution in [2.75, 3.05) is 6.61 Å². The highest BCUT2D eigenvalue weighted by molar-refractivity contribution is 7.16. The van der Waals surface area contributed by atoms with Gasteiger partial charge in [0.25, 0.3) is 0 Å². The summed E-state index contributed by atoms with van der Waals surface area (Å²) in [5, 5.41) is 14.3. The van der Waals surface area contributed by atoms with Crippen LogP contribution >= 0.6 is 11.3 Å². The number of para-hydroxylation sites is 2. The van der Waals surface area contributed by atoms with Gasteiger partial charge in [-0.1, -0.05) is 53.8 Å². The van der Waals surface area contributed by atoms with E-state index in [1.807, 2.05) is 30.3 Å². The van der Waals surface area contributed by atoms with E-state index in [0.29, 0.717) is 12.4 Å². The average Bonchev–Trinajstić information content (AvgIpc) is 3.27. The first-order chi connectivity index (χ1) is 12.9. The molecular formula is C19H16N4O2S. The summed E-state index contributed by atoms with van der Waals surface area (Å²) in [6, 6.07) is 18.1.